The lowest BCUT2D eigenvalue weighted by atomic mass is 9.61. The zero-order chi connectivity index (χ0) is 24.9. The standard InChI is InChI=1S/C30H26N2O4/c33-27-29-16-7-8-17-30(29,28(34)31(27)24-14-9-15-25(18-24)32(35)36)20-23(19-29)26(21-10-3-1-4-11-21)22-12-5-2-6-13-22/h1-15,18,32,35H,16-17,19-20H2/t29-,30+. The summed E-state index contributed by atoms with van der Waals surface area (Å²) in [5, 5.41) is 19.9. The normalized spacial score (nSPS) is 25.6. The van der Waals surface area contributed by atoms with Gasteiger partial charge in [0.1, 0.15) is 0 Å². The van der Waals surface area contributed by atoms with E-state index in [1.54, 1.807) is 12.1 Å². The summed E-state index contributed by atoms with van der Waals surface area (Å²) in [7, 11) is 0. The van der Waals surface area contributed by atoms with Gasteiger partial charge in [0.15, 0.2) is 5.69 Å². The molecule has 3 atom stereocenters. The smallest absolute Gasteiger partial charge is 0.241 e. The molecule has 3 aliphatic rings. The zero-order valence-corrected chi connectivity index (χ0v) is 19.7. The van der Waals surface area contributed by atoms with E-state index in [1.165, 1.54) is 17.0 Å². The number of anilines is 1. The highest BCUT2D eigenvalue weighted by molar-refractivity contribution is 6.26. The van der Waals surface area contributed by atoms with Crippen molar-refractivity contribution in [1.29, 1.82) is 0 Å². The summed E-state index contributed by atoms with van der Waals surface area (Å²) in [5.74, 6) is -0.454. The van der Waals surface area contributed by atoms with Gasteiger partial charge in [-0.2, -0.15) is 5.23 Å². The van der Waals surface area contributed by atoms with Crippen molar-refractivity contribution in [2.24, 2.45) is 10.8 Å². The molecule has 1 unspecified atom stereocenters. The minimum Gasteiger partial charge on any atom is -0.595 e. The van der Waals surface area contributed by atoms with Gasteiger partial charge in [0.2, 0.25) is 11.8 Å². The van der Waals surface area contributed by atoms with E-state index in [0.717, 1.165) is 22.3 Å². The third-order valence-electron chi connectivity index (χ3n) is 8.10. The molecule has 0 spiro atoms. The SMILES string of the molecule is O=C1N(c2cccc([NH+]([O-])O)c2)C(=O)[C@]23CC=CC[C@]12CC(=C(c1ccccc1)c1ccccc1)C3. The molecule has 1 saturated heterocycles. The van der Waals surface area contributed by atoms with E-state index in [4.69, 9.17) is 0 Å². The first-order valence-corrected chi connectivity index (χ1v) is 12.2. The maximum absolute atomic E-state index is 14.2. The first-order valence-electron chi connectivity index (χ1n) is 12.2. The van der Waals surface area contributed by atoms with Gasteiger partial charge in [0, 0.05) is 12.1 Å². The maximum atomic E-state index is 14.2. The molecule has 6 rings (SSSR count). The molecule has 180 valence electrons. The number of nitrogens with zero attached hydrogens (tertiary/aromatic N) is 1. The van der Waals surface area contributed by atoms with Crippen molar-refractivity contribution >= 4 is 28.8 Å². The summed E-state index contributed by atoms with van der Waals surface area (Å²) in [6, 6.07) is 26.4. The van der Waals surface area contributed by atoms with Crippen LogP contribution in [-0.2, 0) is 9.59 Å². The maximum Gasteiger partial charge on any atom is 0.241 e. The number of hydrogen-bond acceptors (Lipinski definition) is 4. The van der Waals surface area contributed by atoms with Crippen molar-refractivity contribution in [1.82, 2.24) is 0 Å². The van der Waals surface area contributed by atoms with Crippen molar-refractivity contribution in [3.63, 3.8) is 0 Å². The number of benzene rings is 3. The van der Waals surface area contributed by atoms with Gasteiger partial charge in [-0.3, -0.25) is 9.59 Å². The van der Waals surface area contributed by atoms with E-state index in [-0.39, 0.29) is 17.5 Å². The number of carbonyl (C=O) groups is 2. The molecule has 1 heterocycles. The highest BCUT2D eigenvalue weighted by Gasteiger charge is 2.72. The van der Waals surface area contributed by atoms with Crippen LogP contribution in [-0.4, -0.2) is 17.0 Å². The molecule has 2 aliphatic carbocycles. The molecule has 0 bridgehead atoms. The number of rotatable bonds is 4. The predicted molar refractivity (Wildman–Crippen MR) is 136 cm³/mol. The minimum atomic E-state index is -1.09. The van der Waals surface area contributed by atoms with Crippen molar-refractivity contribution in [3.05, 3.63) is 119 Å². The average Bonchev–Trinajstić information content (AvgIpc) is 3.35. The van der Waals surface area contributed by atoms with Gasteiger partial charge in [0.05, 0.1) is 16.5 Å². The average molecular weight is 479 g/mol. The summed E-state index contributed by atoms with van der Waals surface area (Å²) in [5.41, 5.74) is 2.99. The van der Waals surface area contributed by atoms with Gasteiger partial charge in [-0.05, 0) is 48.4 Å². The van der Waals surface area contributed by atoms with E-state index in [1.807, 2.05) is 48.6 Å². The highest BCUT2D eigenvalue weighted by Crippen LogP contribution is 2.67. The van der Waals surface area contributed by atoms with Crippen LogP contribution in [0.4, 0.5) is 11.4 Å². The second-order valence-electron chi connectivity index (χ2n) is 9.91. The molecule has 1 saturated carbocycles. The molecule has 3 aromatic carbocycles. The lowest BCUT2D eigenvalue weighted by Crippen LogP contribution is -2.99. The Labute approximate surface area is 209 Å². The van der Waals surface area contributed by atoms with Crippen molar-refractivity contribution in [3.8, 4) is 0 Å². The third kappa shape index (κ3) is 3.15. The lowest BCUT2D eigenvalue weighted by molar-refractivity contribution is -0.991. The Kier molecular flexibility index (Phi) is 5.26. The Hall–Kier alpha value is -3.84. The first kappa shape index (κ1) is 22.6. The molecule has 2 N–H and O–H groups in total. The van der Waals surface area contributed by atoms with E-state index >= 15 is 0 Å². The quantitative estimate of drug-likeness (QED) is 0.327. The fourth-order valence-corrected chi connectivity index (χ4v) is 6.46. The molecule has 6 nitrogen and oxygen atoms in total. The Morgan fingerprint density at radius 1 is 0.778 bits per heavy atom. The number of carbonyl (C=O) groups excluding carboxylic acids is 2. The topological polar surface area (TPSA) is 85.1 Å². The van der Waals surface area contributed by atoms with Crippen LogP contribution < -0.4 is 10.1 Å². The molecule has 36 heavy (non-hydrogen) atoms. The van der Waals surface area contributed by atoms with Crippen LogP contribution >= 0.6 is 0 Å². The molecule has 6 heteroatoms. The molecule has 2 fully saturated rings. The molecular weight excluding hydrogens is 452 g/mol. The van der Waals surface area contributed by atoms with Gasteiger partial charge in [-0.15, -0.1) is 0 Å². The molecular formula is C30H26N2O4. The third-order valence-corrected chi connectivity index (χ3v) is 8.10. The summed E-state index contributed by atoms with van der Waals surface area (Å²) >= 11 is 0. The number of hydrogen-bond donors (Lipinski definition) is 2. The summed E-state index contributed by atoms with van der Waals surface area (Å²) in [6.07, 6.45) is 6.02. The summed E-state index contributed by atoms with van der Waals surface area (Å²) < 4.78 is 0. The van der Waals surface area contributed by atoms with Crippen LogP contribution in [0.25, 0.3) is 5.57 Å². The number of imide groups is 1. The predicted octanol–water partition coefficient (Wildman–Crippen LogP) is 4.58. The van der Waals surface area contributed by atoms with Gasteiger partial charge in [0.25, 0.3) is 0 Å². The fraction of sp³-hybridized carbons (Fsp3) is 0.200. The van der Waals surface area contributed by atoms with Crippen LogP contribution in [0.1, 0.15) is 36.8 Å². The number of quaternary nitrogens is 1. The number of amides is 2. The van der Waals surface area contributed by atoms with Crippen LogP contribution in [0.3, 0.4) is 0 Å². The monoisotopic (exact) mass is 478 g/mol. The molecule has 2 amide bonds. The van der Waals surface area contributed by atoms with Gasteiger partial charge >= 0.3 is 0 Å². The second-order valence-corrected chi connectivity index (χ2v) is 9.91. The number of allylic oxidation sites excluding steroid dienone is 3. The van der Waals surface area contributed by atoms with Crippen LogP contribution in [0, 0.1) is 16.0 Å². The largest absolute Gasteiger partial charge is 0.595 e. The molecule has 0 aromatic heterocycles. The van der Waals surface area contributed by atoms with E-state index in [0.29, 0.717) is 31.4 Å². The summed E-state index contributed by atoms with van der Waals surface area (Å²) in [4.78, 5) is 29.6. The second kappa shape index (κ2) is 8.38. The fourth-order valence-electron chi connectivity index (χ4n) is 6.46. The Morgan fingerprint density at radius 2 is 1.31 bits per heavy atom. The zero-order valence-electron chi connectivity index (χ0n) is 19.7. The van der Waals surface area contributed by atoms with E-state index in [9.17, 15) is 20.0 Å². The van der Waals surface area contributed by atoms with E-state index < -0.39 is 16.1 Å². The van der Waals surface area contributed by atoms with E-state index in [2.05, 4.69) is 24.3 Å². The molecule has 0 radical (unpaired) electrons. The summed E-state index contributed by atoms with van der Waals surface area (Å²) in [6.45, 7) is 0. The Bertz CT molecular complexity index is 1330. The van der Waals surface area contributed by atoms with Crippen molar-refractivity contribution < 1.29 is 20.0 Å². The highest BCUT2D eigenvalue weighted by atomic mass is 16.8. The molecule has 1 aliphatic heterocycles. The van der Waals surface area contributed by atoms with Crippen LogP contribution in [0.2, 0.25) is 0 Å². The van der Waals surface area contributed by atoms with Crippen LogP contribution in [0.15, 0.2) is 103 Å². The minimum absolute atomic E-state index is 0.0530. The van der Waals surface area contributed by atoms with Gasteiger partial charge in [-0.1, -0.05) is 84.5 Å². The lowest BCUT2D eigenvalue weighted by Gasteiger charge is -2.36. The first-order chi connectivity index (χ1) is 17.5. The number of nitrogens with one attached hydrogen (secondary N) is 1. The Balaban J connectivity index is 1.51. The molecule has 3 aromatic rings. The Morgan fingerprint density at radius 3 is 1.81 bits per heavy atom. The van der Waals surface area contributed by atoms with Gasteiger partial charge < -0.3 is 5.21 Å². The van der Waals surface area contributed by atoms with Crippen LogP contribution in [0.5, 0.6) is 0 Å². The van der Waals surface area contributed by atoms with Gasteiger partial charge in [-0.25, -0.2) is 10.1 Å². The van der Waals surface area contributed by atoms with Crippen molar-refractivity contribution in [2.75, 3.05) is 4.90 Å². The van der Waals surface area contributed by atoms with Crippen molar-refractivity contribution in [2.45, 2.75) is 25.7 Å².